The van der Waals surface area contributed by atoms with E-state index in [-0.39, 0.29) is 11.3 Å². The molecule has 0 radical (unpaired) electrons. The molecule has 1 aliphatic rings. The maximum atomic E-state index is 10.1. The molecule has 0 aromatic rings. The fraction of sp³-hybridized carbons (Fsp3) is 0.750. The van der Waals surface area contributed by atoms with Crippen molar-refractivity contribution in [2.75, 3.05) is 5.75 Å². The number of carbonyl (C=O) groups is 1. The maximum absolute atomic E-state index is 10.1. The number of hydrogen-bond acceptors (Lipinski definition) is 3. The van der Waals surface area contributed by atoms with E-state index in [2.05, 4.69) is 0 Å². The molecule has 1 aliphatic heterocycles. The van der Waals surface area contributed by atoms with Crippen LogP contribution < -0.4 is 5.73 Å². The van der Waals surface area contributed by atoms with Crippen molar-refractivity contribution in [3.05, 3.63) is 0 Å². The van der Waals surface area contributed by atoms with Crippen LogP contribution in [0, 0.1) is 5.92 Å². The Bertz CT molecular complexity index is 117. The highest BCUT2D eigenvalue weighted by molar-refractivity contribution is 8.01. The summed E-state index contributed by atoms with van der Waals surface area (Å²) >= 11 is 1.49. The minimum Gasteiger partial charge on any atom is -0.481 e. The van der Waals surface area contributed by atoms with Gasteiger partial charge in [-0.25, -0.2) is 0 Å². The van der Waals surface area contributed by atoms with Gasteiger partial charge in [-0.3, -0.25) is 4.79 Å². The second-order valence-corrected chi connectivity index (χ2v) is 2.95. The molecule has 2 atom stereocenters. The molecule has 0 spiro atoms. The van der Waals surface area contributed by atoms with Crippen LogP contribution in [0.5, 0.6) is 0 Å². The smallest absolute Gasteiger partial charge is 0.309 e. The summed E-state index contributed by atoms with van der Waals surface area (Å²) in [4.78, 5) is 10.1. The molecule has 1 rings (SSSR count). The molecule has 0 aromatic heterocycles. The van der Waals surface area contributed by atoms with Crippen molar-refractivity contribution >= 4 is 17.7 Å². The predicted octanol–water partition coefficient (Wildman–Crippen LogP) is -0.281. The van der Waals surface area contributed by atoms with E-state index in [1.165, 1.54) is 11.8 Å². The molecule has 46 valence electrons. The first-order chi connectivity index (χ1) is 3.72. The fourth-order valence-electron chi connectivity index (χ4n) is 0.515. The van der Waals surface area contributed by atoms with Gasteiger partial charge in [-0.2, -0.15) is 0 Å². The molecule has 0 amide bonds. The van der Waals surface area contributed by atoms with E-state index in [9.17, 15) is 4.79 Å². The Hall–Kier alpha value is -0.220. The zero-order valence-corrected chi connectivity index (χ0v) is 5.02. The lowest BCUT2D eigenvalue weighted by Crippen LogP contribution is -2.43. The predicted molar refractivity (Wildman–Crippen MR) is 31.6 cm³/mol. The summed E-state index contributed by atoms with van der Waals surface area (Å²) in [5.41, 5.74) is 5.31. The number of aliphatic carboxylic acids is 1. The standard InChI is InChI=1S/C4H7NO2S/c5-3-2(1-8-3)4(6)7/h2-3H,1,5H2,(H,6,7). The zero-order valence-electron chi connectivity index (χ0n) is 4.20. The largest absolute Gasteiger partial charge is 0.481 e. The summed E-state index contributed by atoms with van der Waals surface area (Å²) in [5, 5.41) is 8.15. The normalized spacial score (nSPS) is 36.1. The van der Waals surface area contributed by atoms with E-state index in [4.69, 9.17) is 10.8 Å². The van der Waals surface area contributed by atoms with E-state index in [1.54, 1.807) is 0 Å². The molecule has 0 saturated carbocycles. The molecule has 1 saturated heterocycles. The van der Waals surface area contributed by atoms with Crippen LogP contribution in [0.3, 0.4) is 0 Å². The van der Waals surface area contributed by atoms with Crippen LogP contribution in [0.4, 0.5) is 0 Å². The minimum absolute atomic E-state index is 0.160. The first-order valence-corrected chi connectivity index (χ1v) is 3.36. The molecule has 8 heavy (non-hydrogen) atoms. The lowest BCUT2D eigenvalue weighted by molar-refractivity contribution is -0.141. The minimum atomic E-state index is -0.767. The Kier molecular flexibility index (Phi) is 1.44. The lowest BCUT2D eigenvalue weighted by Gasteiger charge is -2.28. The molecule has 1 heterocycles. The van der Waals surface area contributed by atoms with Crippen molar-refractivity contribution in [3.8, 4) is 0 Å². The van der Waals surface area contributed by atoms with Crippen LogP contribution in [0.2, 0.25) is 0 Å². The van der Waals surface area contributed by atoms with E-state index >= 15 is 0 Å². The second-order valence-electron chi connectivity index (χ2n) is 1.74. The SMILES string of the molecule is NC1SCC1C(=O)O. The van der Waals surface area contributed by atoms with Crippen LogP contribution in [-0.4, -0.2) is 22.2 Å². The van der Waals surface area contributed by atoms with Crippen LogP contribution in [0.15, 0.2) is 0 Å². The van der Waals surface area contributed by atoms with E-state index in [1.807, 2.05) is 0 Å². The van der Waals surface area contributed by atoms with Gasteiger partial charge in [0.15, 0.2) is 0 Å². The topological polar surface area (TPSA) is 63.3 Å². The Morgan fingerprint density at radius 2 is 2.50 bits per heavy atom. The molecule has 0 aromatic carbocycles. The van der Waals surface area contributed by atoms with Crippen molar-refractivity contribution in [2.24, 2.45) is 11.7 Å². The molecule has 3 N–H and O–H groups in total. The third-order valence-electron chi connectivity index (χ3n) is 1.18. The number of rotatable bonds is 1. The Balaban J connectivity index is 2.37. The number of nitrogens with two attached hydrogens (primary N) is 1. The highest BCUT2D eigenvalue weighted by Gasteiger charge is 2.34. The van der Waals surface area contributed by atoms with Crippen LogP contribution in [0.1, 0.15) is 0 Å². The first kappa shape index (κ1) is 5.91. The molecule has 2 unspecified atom stereocenters. The number of carboxylic acids is 1. The van der Waals surface area contributed by atoms with E-state index < -0.39 is 5.97 Å². The maximum Gasteiger partial charge on any atom is 0.309 e. The number of thioether (sulfide) groups is 1. The number of carboxylic acid groups (broad SMARTS) is 1. The molecule has 0 bridgehead atoms. The second kappa shape index (κ2) is 1.95. The van der Waals surface area contributed by atoms with Crippen LogP contribution in [0.25, 0.3) is 0 Å². The van der Waals surface area contributed by atoms with Gasteiger partial charge < -0.3 is 10.8 Å². The van der Waals surface area contributed by atoms with Gasteiger partial charge in [-0.05, 0) is 0 Å². The van der Waals surface area contributed by atoms with Crippen molar-refractivity contribution in [2.45, 2.75) is 5.37 Å². The first-order valence-electron chi connectivity index (χ1n) is 2.32. The Morgan fingerprint density at radius 3 is 2.50 bits per heavy atom. The highest BCUT2D eigenvalue weighted by atomic mass is 32.2. The molecule has 4 heteroatoms. The van der Waals surface area contributed by atoms with Gasteiger partial charge in [0.2, 0.25) is 0 Å². The third kappa shape index (κ3) is 0.809. The summed E-state index contributed by atoms with van der Waals surface area (Å²) in [5.74, 6) is -0.382. The molecule has 1 fully saturated rings. The molecular formula is C4H7NO2S. The van der Waals surface area contributed by atoms with Gasteiger partial charge in [-0.15, -0.1) is 11.8 Å². The van der Waals surface area contributed by atoms with Gasteiger partial charge in [-0.1, -0.05) is 0 Å². The molecule has 0 aliphatic carbocycles. The summed E-state index contributed by atoms with van der Waals surface area (Å²) in [7, 11) is 0. The molecule has 3 nitrogen and oxygen atoms in total. The van der Waals surface area contributed by atoms with Gasteiger partial charge in [0.25, 0.3) is 0 Å². The Labute approximate surface area is 51.2 Å². The Morgan fingerprint density at radius 1 is 1.88 bits per heavy atom. The van der Waals surface area contributed by atoms with E-state index in [0.29, 0.717) is 5.75 Å². The fourth-order valence-corrected chi connectivity index (χ4v) is 1.38. The van der Waals surface area contributed by atoms with E-state index in [0.717, 1.165) is 0 Å². The number of hydrogen-bond donors (Lipinski definition) is 2. The van der Waals surface area contributed by atoms with Crippen molar-refractivity contribution in [1.82, 2.24) is 0 Å². The van der Waals surface area contributed by atoms with Crippen molar-refractivity contribution < 1.29 is 9.90 Å². The lowest BCUT2D eigenvalue weighted by atomic mass is 10.2. The van der Waals surface area contributed by atoms with Crippen molar-refractivity contribution in [1.29, 1.82) is 0 Å². The average Bonchev–Trinajstić information content (AvgIpc) is 1.61. The monoisotopic (exact) mass is 133 g/mol. The summed E-state index contributed by atoms with van der Waals surface area (Å²) in [6, 6.07) is 0. The zero-order chi connectivity index (χ0) is 6.15. The van der Waals surface area contributed by atoms with Gasteiger partial charge in [0.1, 0.15) is 0 Å². The van der Waals surface area contributed by atoms with Gasteiger partial charge >= 0.3 is 5.97 Å². The average molecular weight is 133 g/mol. The summed E-state index contributed by atoms with van der Waals surface area (Å²) in [6.45, 7) is 0. The summed E-state index contributed by atoms with van der Waals surface area (Å²) < 4.78 is 0. The molecular weight excluding hydrogens is 126 g/mol. The highest BCUT2D eigenvalue weighted by Crippen LogP contribution is 2.29. The van der Waals surface area contributed by atoms with Crippen LogP contribution >= 0.6 is 11.8 Å². The quantitative estimate of drug-likeness (QED) is 0.516. The van der Waals surface area contributed by atoms with Crippen LogP contribution in [-0.2, 0) is 4.79 Å². The van der Waals surface area contributed by atoms with Gasteiger partial charge in [0.05, 0.1) is 11.3 Å². The third-order valence-corrected chi connectivity index (χ3v) is 2.45. The summed E-state index contributed by atoms with van der Waals surface area (Å²) in [6.07, 6.45) is 0. The van der Waals surface area contributed by atoms with Gasteiger partial charge in [0, 0.05) is 5.75 Å². The van der Waals surface area contributed by atoms with Crippen molar-refractivity contribution in [3.63, 3.8) is 0 Å².